The summed E-state index contributed by atoms with van der Waals surface area (Å²) in [7, 11) is 0. The number of esters is 2. The first-order valence-electron chi connectivity index (χ1n) is 30.0. The Morgan fingerprint density at radius 1 is 0.326 bits per heavy atom. The normalized spacial score (nSPS) is 13.4. The van der Waals surface area contributed by atoms with Gasteiger partial charge in [-0.3, -0.25) is 0 Å². The number of benzene rings is 12. The molecule has 86 heavy (non-hydrogen) atoms. The molecule has 0 N–H and O–H groups in total. The van der Waals surface area contributed by atoms with Crippen molar-refractivity contribution in [3.63, 3.8) is 0 Å². The maximum absolute atomic E-state index is 14.6. The number of hydrogen-bond acceptors (Lipinski definition) is 8. The number of rotatable bonds is 18. The molecule has 0 aliphatic heterocycles. The maximum Gasteiger partial charge on any atom is 0.341 e. The standard InChI is InChI=1S/C78H62N4O4/c1-2-3-4-5-6-7-8-33-74(85-77(83)60-38-44-70-72(50-60)66-29-17-19-31-68(66)75(70)79-81(62-40-34-52-21-9-13-25-56(52)46-62)63-41-35-53-22-10-14-26-57(53)47-63)86-78(84)61-39-45-71-73(51-61)67-30-18-20-32-69(67)76(71)80-82(64-42-36-54-23-11-15-27-58(54)48-64)65-43-37-55-24-12-16-28-59(55)49-65/h9-32,34-51,74H,2-8,33H2,1H3. The van der Waals surface area contributed by atoms with Gasteiger partial charge in [0.05, 0.1) is 45.3 Å². The second-order valence-corrected chi connectivity index (χ2v) is 22.4. The van der Waals surface area contributed by atoms with Crippen LogP contribution in [0.15, 0.2) is 265 Å². The molecule has 12 aromatic rings. The van der Waals surface area contributed by atoms with E-state index in [1.54, 1.807) is 12.1 Å². The van der Waals surface area contributed by atoms with E-state index in [0.717, 1.165) is 147 Å². The van der Waals surface area contributed by atoms with Crippen LogP contribution < -0.4 is 10.0 Å². The van der Waals surface area contributed by atoms with E-state index in [4.69, 9.17) is 19.7 Å². The lowest BCUT2D eigenvalue weighted by Gasteiger charge is -2.22. The van der Waals surface area contributed by atoms with E-state index >= 15 is 0 Å². The van der Waals surface area contributed by atoms with Crippen LogP contribution >= 0.6 is 0 Å². The molecule has 0 atom stereocenters. The smallest absolute Gasteiger partial charge is 0.341 e. The lowest BCUT2D eigenvalue weighted by molar-refractivity contribution is -0.0838. The highest BCUT2D eigenvalue weighted by Crippen LogP contribution is 2.43. The van der Waals surface area contributed by atoms with Crippen LogP contribution in [0.3, 0.4) is 0 Å². The molecule has 14 rings (SSSR count). The van der Waals surface area contributed by atoms with Gasteiger partial charge in [-0.1, -0.05) is 227 Å². The lowest BCUT2D eigenvalue weighted by Crippen LogP contribution is -2.25. The monoisotopic (exact) mass is 1120 g/mol. The summed E-state index contributed by atoms with van der Waals surface area (Å²) >= 11 is 0. The van der Waals surface area contributed by atoms with Crippen molar-refractivity contribution in [2.24, 2.45) is 10.2 Å². The number of carbonyl (C=O) groups is 2. The van der Waals surface area contributed by atoms with Crippen molar-refractivity contribution in [3.05, 3.63) is 288 Å². The molecule has 12 aromatic carbocycles. The van der Waals surface area contributed by atoms with Crippen LogP contribution in [0.5, 0.6) is 0 Å². The van der Waals surface area contributed by atoms with Crippen molar-refractivity contribution < 1.29 is 19.1 Å². The number of hydrazone groups is 2. The fourth-order valence-corrected chi connectivity index (χ4v) is 12.3. The second kappa shape index (κ2) is 23.7. The summed E-state index contributed by atoms with van der Waals surface area (Å²) in [6.07, 6.45) is 6.62. The van der Waals surface area contributed by atoms with E-state index in [1.165, 1.54) is 19.3 Å². The molecule has 0 saturated carbocycles. The Hall–Kier alpha value is -10.4. The Kier molecular flexibility index (Phi) is 14.7. The summed E-state index contributed by atoms with van der Waals surface area (Å²) < 4.78 is 12.6. The lowest BCUT2D eigenvalue weighted by atomic mass is 10.0. The topological polar surface area (TPSA) is 83.8 Å². The Balaban J connectivity index is 0.770. The van der Waals surface area contributed by atoms with Crippen molar-refractivity contribution in [1.29, 1.82) is 0 Å². The highest BCUT2D eigenvalue weighted by atomic mass is 16.7. The first-order valence-corrected chi connectivity index (χ1v) is 30.0. The fraction of sp³-hybridized carbons (Fsp3) is 0.128. The molecule has 2 aliphatic carbocycles. The van der Waals surface area contributed by atoms with Gasteiger partial charge in [0.25, 0.3) is 0 Å². The van der Waals surface area contributed by atoms with E-state index in [2.05, 4.69) is 201 Å². The summed E-state index contributed by atoms with van der Waals surface area (Å²) in [5, 5.41) is 24.1. The van der Waals surface area contributed by atoms with Gasteiger partial charge in [-0.2, -0.15) is 10.2 Å². The molecule has 0 heterocycles. The second-order valence-electron chi connectivity index (χ2n) is 22.4. The summed E-state index contributed by atoms with van der Waals surface area (Å²) in [6, 6.07) is 86.8. The van der Waals surface area contributed by atoms with E-state index in [0.29, 0.717) is 17.5 Å². The molecule has 0 aromatic heterocycles. The van der Waals surface area contributed by atoms with Gasteiger partial charge in [0.2, 0.25) is 6.29 Å². The molecule has 0 amide bonds. The number of nitrogens with zero attached hydrogens (tertiary/aromatic N) is 4. The zero-order chi connectivity index (χ0) is 57.9. The largest absolute Gasteiger partial charge is 0.422 e. The van der Waals surface area contributed by atoms with Crippen LogP contribution in [0.4, 0.5) is 22.7 Å². The minimum absolute atomic E-state index is 0.351. The number of ether oxygens (including phenoxy) is 2. The van der Waals surface area contributed by atoms with Crippen LogP contribution in [0.1, 0.15) is 101 Å². The summed E-state index contributed by atoms with van der Waals surface area (Å²) in [4.78, 5) is 29.2. The predicted molar refractivity (Wildman–Crippen MR) is 352 cm³/mol. The van der Waals surface area contributed by atoms with Crippen molar-refractivity contribution in [1.82, 2.24) is 0 Å². The van der Waals surface area contributed by atoms with Gasteiger partial charge in [-0.15, -0.1) is 0 Å². The van der Waals surface area contributed by atoms with Gasteiger partial charge in [0.15, 0.2) is 0 Å². The van der Waals surface area contributed by atoms with Crippen molar-refractivity contribution in [2.45, 2.75) is 64.6 Å². The molecule has 0 bridgehead atoms. The maximum atomic E-state index is 14.6. The Morgan fingerprint density at radius 3 is 1.01 bits per heavy atom. The Morgan fingerprint density at radius 2 is 0.640 bits per heavy atom. The van der Waals surface area contributed by atoms with E-state index in [-0.39, 0.29) is 0 Å². The van der Waals surface area contributed by atoms with Crippen molar-refractivity contribution >= 4 is 89.2 Å². The summed E-state index contributed by atoms with van der Waals surface area (Å²) in [6.45, 7) is 2.22. The molecule has 0 unspecified atom stereocenters. The molecule has 2 aliphatic rings. The number of unbranched alkanes of at least 4 members (excludes halogenated alkanes) is 6. The number of hydrogen-bond donors (Lipinski definition) is 0. The molecule has 0 radical (unpaired) electrons. The predicted octanol–water partition coefficient (Wildman–Crippen LogP) is 19.9. The molecule has 0 saturated heterocycles. The Labute approximate surface area is 500 Å². The average molecular weight is 1120 g/mol. The third-order valence-corrected chi connectivity index (χ3v) is 16.8. The molecule has 0 spiro atoms. The first-order chi connectivity index (χ1) is 42.4. The highest BCUT2D eigenvalue weighted by Gasteiger charge is 2.31. The van der Waals surface area contributed by atoms with Gasteiger partial charge in [-0.05, 0) is 145 Å². The molecular weight excluding hydrogens is 1060 g/mol. The van der Waals surface area contributed by atoms with Crippen LogP contribution in [0.25, 0.3) is 65.3 Å². The molecule has 8 nitrogen and oxygen atoms in total. The van der Waals surface area contributed by atoms with Crippen molar-refractivity contribution in [3.8, 4) is 22.3 Å². The highest BCUT2D eigenvalue weighted by molar-refractivity contribution is 6.26. The number of anilines is 4. The number of carbonyl (C=O) groups excluding carboxylic acids is 2. The van der Waals surface area contributed by atoms with E-state index in [1.807, 2.05) is 58.5 Å². The summed E-state index contributed by atoms with van der Waals surface area (Å²) in [5.41, 5.74) is 13.3. The zero-order valence-corrected chi connectivity index (χ0v) is 47.9. The Bertz CT molecular complexity index is 4210. The van der Waals surface area contributed by atoms with Crippen molar-refractivity contribution in [2.75, 3.05) is 10.0 Å². The van der Waals surface area contributed by atoms with Crippen LogP contribution in [0.2, 0.25) is 0 Å². The fourth-order valence-electron chi connectivity index (χ4n) is 12.3. The van der Waals surface area contributed by atoms with Gasteiger partial charge in [0.1, 0.15) is 0 Å². The minimum atomic E-state index is -1.13. The third kappa shape index (κ3) is 10.7. The molecule has 8 heteroatoms. The van der Waals surface area contributed by atoms with Crippen LogP contribution in [0, 0.1) is 0 Å². The van der Waals surface area contributed by atoms with Gasteiger partial charge in [0, 0.05) is 28.7 Å². The summed E-state index contributed by atoms with van der Waals surface area (Å²) in [5.74, 6) is -1.15. The quantitative estimate of drug-likeness (QED) is 0.0368. The molecular formula is C78H62N4O4. The van der Waals surface area contributed by atoms with Crippen LogP contribution in [-0.2, 0) is 9.47 Å². The van der Waals surface area contributed by atoms with E-state index in [9.17, 15) is 9.59 Å². The molecule has 0 fully saturated rings. The van der Waals surface area contributed by atoms with Gasteiger partial charge < -0.3 is 9.47 Å². The zero-order valence-electron chi connectivity index (χ0n) is 47.9. The SMILES string of the molecule is CCCCCCCCCC(OC(=O)c1ccc2c(c1)-c1ccccc1C2=NN(c1ccc2ccccc2c1)c1ccc2ccccc2c1)OC(=O)c1ccc2c(c1)-c1ccccc1C2=NN(c1ccc2ccccc2c1)c1ccc2ccccc2c1. The first kappa shape index (κ1) is 53.6. The van der Waals surface area contributed by atoms with Gasteiger partial charge >= 0.3 is 11.9 Å². The third-order valence-electron chi connectivity index (χ3n) is 16.8. The number of fused-ring (bicyclic) bond motifs is 10. The van der Waals surface area contributed by atoms with E-state index < -0.39 is 18.2 Å². The van der Waals surface area contributed by atoms with Crippen LogP contribution in [-0.4, -0.2) is 29.7 Å². The minimum Gasteiger partial charge on any atom is -0.422 e. The average Bonchev–Trinajstić information content (AvgIpc) is 2.76. The molecule has 418 valence electrons. The van der Waals surface area contributed by atoms with Gasteiger partial charge in [-0.25, -0.2) is 19.6 Å².